The number of halogens is 2. The summed E-state index contributed by atoms with van der Waals surface area (Å²) in [5.41, 5.74) is -0.239. The van der Waals surface area contributed by atoms with Crippen LogP contribution in [-0.4, -0.2) is 48.8 Å². The number of hydrogen-bond donors (Lipinski definition) is 4. The molecule has 2 heterocycles. The van der Waals surface area contributed by atoms with Gasteiger partial charge in [-0.1, -0.05) is 68.1 Å². The van der Waals surface area contributed by atoms with Gasteiger partial charge in [0.05, 0.1) is 33.4 Å². The van der Waals surface area contributed by atoms with Gasteiger partial charge in [0.2, 0.25) is 5.88 Å². The van der Waals surface area contributed by atoms with Crippen molar-refractivity contribution < 1.29 is 34.1 Å². The number of carbonyl (C=O) groups excluding carboxylic acids is 3. The van der Waals surface area contributed by atoms with Crippen LogP contribution >= 0.6 is 23.2 Å². The van der Waals surface area contributed by atoms with Crippen molar-refractivity contribution in [1.29, 1.82) is 0 Å². The molecule has 4 N–H and O–H groups in total. The highest BCUT2D eigenvalue weighted by Crippen LogP contribution is 2.41. The third kappa shape index (κ3) is 6.57. The van der Waals surface area contributed by atoms with Gasteiger partial charge in [0.1, 0.15) is 28.8 Å². The van der Waals surface area contributed by atoms with Crippen molar-refractivity contribution in [3.8, 4) is 28.8 Å². The Balaban J connectivity index is 1.46. The molecule has 1 fully saturated rings. The minimum absolute atomic E-state index is 0.00439. The normalized spacial score (nSPS) is 17.5. The second-order valence-corrected chi connectivity index (χ2v) is 13.0. The number of hydrogen-bond acceptors (Lipinski definition) is 8. The monoisotopic (exact) mass is 715 g/mol. The number of nitrogens with zero attached hydrogens (tertiary/aromatic N) is 3. The summed E-state index contributed by atoms with van der Waals surface area (Å²) >= 11 is 12.6. The van der Waals surface area contributed by atoms with Crippen molar-refractivity contribution in [3.05, 3.63) is 98.8 Å². The maximum Gasteiger partial charge on any atom is 0.346 e. The van der Waals surface area contributed by atoms with Crippen molar-refractivity contribution in [2.75, 3.05) is 5.32 Å². The van der Waals surface area contributed by atoms with Crippen molar-refractivity contribution in [3.63, 3.8) is 0 Å². The van der Waals surface area contributed by atoms with Crippen LogP contribution in [-0.2, 0) is 4.74 Å². The number of fused-ring (bicyclic) bond motifs is 1. The summed E-state index contributed by atoms with van der Waals surface area (Å²) in [5, 5.41) is 27.4. The number of anilines is 1. The van der Waals surface area contributed by atoms with Crippen molar-refractivity contribution >= 4 is 58.1 Å². The molecule has 6 rings (SSSR count). The number of carbonyl (C=O) groups is 3. The number of para-hydroxylation sites is 1. The maximum absolute atomic E-state index is 14.1. The predicted molar refractivity (Wildman–Crippen MR) is 186 cm³/mol. The first-order valence-corrected chi connectivity index (χ1v) is 16.6. The van der Waals surface area contributed by atoms with Crippen LogP contribution < -0.4 is 10.1 Å². The summed E-state index contributed by atoms with van der Waals surface area (Å²) in [6, 6.07) is 14.6. The highest BCUT2D eigenvalue weighted by molar-refractivity contribution is 6.39. The van der Waals surface area contributed by atoms with Gasteiger partial charge in [-0.15, -0.1) is 5.10 Å². The van der Waals surface area contributed by atoms with E-state index in [1.165, 1.54) is 24.3 Å². The Labute approximate surface area is 296 Å². The fraction of sp³-hybridized carbons (Fsp3) is 0.250. The molecule has 0 spiro atoms. The van der Waals surface area contributed by atoms with Crippen LogP contribution in [0.15, 0.2) is 60.7 Å². The zero-order chi connectivity index (χ0) is 35.7. The Morgan fingerprint density at radius 3 is 2.32 bits per heavy atom. The third-order valence-electron chi connectivity index (χ3n) is 8.78. The topological polar surface area (TPSA) is 160 Å². The van der Waals surface area contributed by atoms with Crippen molar-refractivity contribution in [2.24, 2.45) is 11.8 Å². The molecule has 12 nitrogen and oxygen atoms in total. The van der Waals surface area contributed by atoms with Crippen LogP contribution in [0, 0.1) is 18.4 Å². The van der Waals surface area contributed by atoms with Crippen LogP contribution in [0.25, 0.3) is 21.9 Å². The molecule has 5 aromatic rings. The number of esters is 2. The Kier molecular flexibility index (Phi) is 9.72. The SMILES string of the molecule is [C-]#[N+]c1c(C(=O)OC2C(C)CCCCC2C)c2[nH]c(-c3ccccc3NC(=O)c3cc(O)ccc3O)nn2c1OC(=O)c1c(Cl)cccc1Cl. The molecule has 0 radical (unpaired) electrons. The molecule has 1 saturated carbocycles. The quantitative estimate of drug-likeness (QED) is 0.0565. The van der Waals surface area contributed by atoms with E-state index < -0.39 is 23.9 Å². The number of H-pyrrole nitrogens is 1. The van der Waals surface area contributed by atoms with Crippen LogP contribution in [0.4, 0.5) is 11.4 Å². The second-order valence-electron chi connectivity index (χ2n) is 12.2. The fourth-order valence-electron chi connectivity index (χ4n) is 6.25. The number of amides is 1. The Hall–Kier alpha value is -5.51. The van der Waals surface area contributed by atoms with Gasteiger partial charge < -0.3 is 30.0 Å². The van der Waals surface area contributed by atoms with Gasteiger partial charge in [0.15, 0.2) is 5.82 Å². The molecule has 256 valence electrons. The van der Waals surface area contributed by atoms with Gasteiger partial charge in [0, 0.05) is 5.56 Å². The first-order valence-electron chi connectivity index (χ1n) is 15.8. The summed E-state index contributed by atoms with van der Waals surface area (Å²) in [7, 11) is 0. The minimum atomic E-state index is -0.987. The number of benzene rings is 3. The lowest BCUT2D eigenvalue weighted by Crippen LogP contribution is -2.30. The smallest absolute Gasteiger partial charge is 0.346 e. The van der Waals surface area contributed by atoms with E-state index in [0.717, 1.165) is 36.3 Å². The predicted octanol–water partition coefficient (Wildman–Crippen LogP) is 8.44. The Morgan fingerprint density at radius 1 is 0.960 bits per heavy atom. The lowest BCUT2D eigenvalue weighted by Gasteiger charge is -2.26. The van der Waals surface area contributed by atoms with Crippen molar-refractivity contribution in [1.82, 2.24) is 14.6 Å². The fourth-order valence-corrected chi connectivity index (χ4v) is 6.80. The Bertz CT molecular complexity index is 2150. The van der Waals surface area contributed by atoms with E-state index >= 15 is 0 Å². The molecule has 2 unspecified atom stereocenters. The number of rotatable bonds is 7. The molecular formula is C36H31Cl2N5O7. The van der Waals surface area contributed by atoms with E-state index in [1.807, 2.05) is 13.8 Å². The van der Waals surface area contributed by atoms with Crippen LogP contribution in [0.2, 0.25) is 10.0 Å². The molecule has 2 atom stereocenters. The van der Waals surface area contributed by atoms with E-state index in [0.29, 0.717) is 5.56 Å². The molecule has 14 heteroatoms. The molecule has 50 heavy (non-hydrogen) atoms. The van der Waals surface area contributed by atoms with Gasteiger partial charge in [0.25, 0.3) is 11.6 Å². The van der Waals surface area contributed by atoms with E-state index in [2.05, 4.69) is 20.2 Å². The molecule has 0 aliphatic heterocycles. The first kappa shape index (κ1) is 34.4. The number of ether oxygens (including phenoxy) is 2. The van der Waals surface area contributed by atoms with Gasteiger partial charge in [-0.05, 0) is 67.1 Å². The summed E-state index contributed by atoms with van der Waals surface area (Å²) in [6.45, 7) is 12.1. The standard InChI is InChI=1S/C36H31Cl2N5O7/c1-18-9-4-5-10-19(2)30(18)49-36(48)28-29(39-3)34(50-35(47)27-23(37)12-8-13-24(27)38)43-32(28)41-31(42-43)21-11-6-7-14-25(21)40-33(46)22-17-20(44)15-16-26(22)45/h6-8,11-19,30,44-45H,4-5,9-10H2,1-2H3,(H,40,46)(H,41,42). The Morgan fingerprint density at radius 2 is 1.64 bits per heavy atom. The van der Waals surface area contributed by atoms with Gasteiger partial charge >= 0.3 is 11.9 Å². The van der Waals surface area contributed by atoms with Crippen LogP contribution in [0.5, 0.6) is 17.4 Å². The average Bonchev–Trinajstić information content (AvgIpc) is 3.58. The van der Waals surface area contributed by atoms with E-state index in [-0.39, 0.29) is 78.8 Å². The van der Waals surface area contributed by atoms with Crippen LogP contribution in [0.1, 0.15) is 70.6 Å². The summed E-state index contributed by atoms with van der Waals surface area (Å²) in [6.07, 6.45) is 3.36. The molecular weight excluding hydrogens is 685 g/mol. The lowest BCUT2D eigenvalue weighted by molar-refractivity contribution is -0.00108. The lowest BCUT2D eigenvalue weighted by atomic mass is 9.92. The number of phenols is 2. The van der Waals surface area contributed by atoms with Crippen molar-refractivity contribution in [2.45, 2.75) is 45.6 Å². The molecule has 1 amide bonds. The zero-order valence-corrected chi connectivity index (χ0v) is 28.4. The summed E-state index contributed by atoms with van der Waals surface area (Å²) < 4.78 is 13.0. The molecule has 3 aromatic carbocycles. The summed E-state index contributed by atoms with van der Waals surface area (Å²) in [5.74, 6) is -3.18. The summed E-state index contributed by atoms with van der Waals surface area (Å²) in [4.78, 5) is 47.3. The molecule has 1 aliphatic rings. The highest BCUT2D eigenvalue weighted by atomic mass is 35.5. The minimum Gasteiger partial charge on any atom is -0.508 e. The number of phenolic OH excluding ortho intramolecular Hbond substituents is 2. The zero-order valence-electron chi connectivity index (χ0n) is 26.9. The third-order valence-corrected chi connectivity index (χ3v) is 9.41. The van der Waals surface area contributed by atoms with Gasteiger partial charge in [-0.2, -0.15) is 4.52 Å². The van der Waals surface area contributed by atoms with Crippen LogP contribution in [0.3, 0.4) is 0 Å². The van der Waals surface area contributed by atoms with E-state index in [1.54, 1.807) is 30.3 Å². The molecule has 0 saturated heterocycles. The van der Waals surface area contributed by atoms with Gasteiger partial charge in [-0.3, -0.25) is 4.79 Å². The largest absolute Gasteiger partial charge is 0.508 e. The molecule has 2 aromatic heterocycles. The molecule has 0 bridgehead atoms. The number of nitrogens with one attached hydrogen (secondary N) is 2. The number of aromatic amines is 1. The number of aromatic hydroxyl groups is 2. The molecule has 1 aliphatic carbocycles. The second kappa shape index (κ2) is 14.2. The van der Waals surface area contributed by atoms with Gasteiger partial charge in [-0.25, -0.2) is 14.4 Å². The highest BCUT2D eigenvalue weighted by Gasteiger charge is 2.36. The van der Waals surface area contributed by atoms with E-state index in [4.69, 9.17) is 39.2 Å². The van der Waals surface area contributed by atoms with E-state index in [9.17, 15) is 24.6 Å². The first-order chi connectivity index (χ1) is 24.0. The average molecular weight is 717 g/mol. The maximum atomic E-state index is 14.1. The number of aromatic nitrogens is 3.